The molecule has 21 heavy (non-hydrogen) atoms. The zero-order valence-electron chi connectivity index (χ0n) is 12.6. The van der Waals surface area contributed by atoms with E-state index >= 15 is 0 Å². The van der Waals surface area contributed by atoms with Crippen LogP contribution in [0.15, 0.2) is 28.8 Å². The van der Waals surface area contributed by atoms with Crippen molar-refractivity contribution in [1.82, 2.24) is 10.1 Å². The maximum Gasteiger partial charge on any atom is 0.264 e. The van der Waals surface area contributed by atoms with Gasteiger partial charge in [0.2, 0.25) is 0 Å². The number of nitrogens with zero attached hydrogens (tertiary/aromatic N) is 2. The minimum atomic E-state index is -0.268. The van der Waals surface area contributed by atoms with E-state index in [0.29, 0.717) is 5.89 Å². The van der Waals surface area contributed by atoms with Crippen LogP contribution in [0.2, 0.25) is 0 Å². The lowest BCUT2D eigenvalue weighted by Crippen LogP contribution is -2.01. The van der Waals surface area contributed by atoms with Crippen molar-refractivity contribution in [1.29, 1.82) is 0 Å². The Labute approximate surface area is 125 Å². The summed E-state index contributed by atoms with van der Waals surface area (Å²) in [6.07, 6.45) is 3.18. The molecule has 2 aromatic rings. The molecule has 0 saturated carbocycles. The molecular weight excluding hydrogens is 268 g/mol. The van der Waals surface area contributed by atoms with Gasteiger partial charge in [-0.25, -0.2) is 0 Å². The van der Waals surface area contributed by atoms with E-state index < -0.39 is 0 Å². The van der Waals surface area contributed by atoms with Crippen LogP contribution in [0.4, 0.5) is 0 Å². The first-order valence-corrected chi connectivity index (χ1v) is 7.38. The number of benzene rings is 1. The van der Waals surface area contributed by atoms with Gasteiger partial charge >= 0.3 is 0 Å². The number of hydrogen-bond donors (Lipinski definition) is 1. The quantitative estimate of drug-likeness (QED) is 0.809. The van der Waals surface area contributed by atoms with Crippen molar-refractivity contribution in [3.8, 4) is 5.75 Å². The summed E-state index contributed by atoms with van der Waals surface area (Å²) in [5, 5.41) is 13.2. The summed E-state index contributed by atoms with van der Waals surface area (Å²) in [7, 11) is 0. The van der Waals surface area contributed by atoms with Gasteiger partial charge in [-0.3, -0.25) is 0 Å². The van der Waals surface area contributed by atoms with Crippen molar-refractivity contribution in [3.05, 3.63) is 41.5 Å². The summed E-state index contributed by atoms with van der Waals surface area (Å²) in [5.41, 5.74) is 1.19. The summed E-state index contributed by atoms with van der Waals surface area (Å²) in [5.74, 6) is 1.99. The molecule has 2 rings (SSSR count). The highest BCUT2D eigenvalue weighted by Crippen LogP contribution is 2.15. The lowest BCUT2D eigenvalue weighted by molar-refractivity contribution is 0.185. The lowest BCUT2D eigenvalue weighted by atomic mass is 10.1. The van der Waals surface area contributed by atoms with Gasteiger partial charge in [0.05, 0.1) is 6.10 Å². The molecule has 114 valence electrons. The monoisotopic (exact) mass is 290 g/mol. The Kier molecular flexibility index (Phi) is 5.75. The predicted molar refractivity (Wildman–Crippen MR) is 79.1 cm³/mol. The van der Waals surface area contributed by atoms with E-state index in [1.807, 2.05) is 24.3 Å². The molecule has 0 spiro atoms. The summed E-state index contributed by atoms with van der Waals surface area (Å²) in [6, 6.07) is 7.85. The molecule has 5 heteroatoms. The van der Waals surface area contributed by atoms with Crippen molar-refractivity contribution in [2.75, 3.05) is 0 Å². The van der Waals surface area contributed by atoms with Crippen LogP contribution in [0.3, 0.4) is 0 Å². The normalized spacial score (nSPS) is 12.3. The van der Waals surface area contributed by atoms with Gasteiger partial charge in [-0.2, -0.15) is 4.98 Å². The van der Waals surface area contributed by atoms with Crippen LogP contribution in [0.5, 0.6) is 5.75 Å². The predicted octanol–water partition coefficient (Wildman–Crippen LogP) is 2.91. The number of rotatable bonds is 8. The number of aliphatic hydroxyl groups is 1. The van der Waals surface area contributed by atoms with Gasteiger partial charge in [0.1, 0.15) is 5.75 Å². The maximum atomic E-state index is 9.27. The first kappa shape index (κ1) is 15.5. The van der Waals surface area contributed by atoms with Crippen molar-refractivity contribution < 1.29 is 14.4 Å². The third-order valence-corrected chi connectivity index (χ3v) is 3.12. The molecule has 0 bridgehead atoms. The fourth-order valence-electron chi connectivity index (χ4n) is 1.95. The van der Waals surface area contributed by atoms with Crippen LogP contribution in [0, 0.1) is 0 Å². The molecule has 0 amide bonds. The number of aryl methyl sites for hydroxylation is 2. The van der Waals surface area contributed by atoms with Crippen molar-refractivity contribution in [2.45, 2.75) is 52.2 Å². The van der Waals surface area contributed by atoms with Crippen molar-refractivity contribution >= 4 is 0 Å². The first-order valence-electron chi connectivity index (χ1n) is 7.38. The fourth-order valence-corrected chi connectivity index (χ4v) is 1.95. The Hall–Kier alpha value is -1.88. The molecule has 5 nitrogen and oxygen atoms in total. The Balaban J connectivity index is 1.82. The van der Waals surface area contributed by atoms with Gasteiger partial charge < -0.3 is 14.4 Å². The number of ether oxygens (including phenoxy) is 1. The zero-order valence-corrected chi connectivity index (χ0v) is 12.6. The summed E-state index contributed by atoms with van der Waals surface area (Å²) < 4.78 is 10.7. The molecule has 1 N–H and O–H groups in total. The molecule has 0 fully saturated rings. The van der Waals surface area contributed by atoms with Crippen LogP contribution < -0.4 is 4.74 Å². The fraction of sp³-hybridized carbons (Fsp3) is 0.500. The van der Waals surface area contributed by atoms with E-state index in [0.717, 1.165) is 37.3 Å². The molecule has 0 aliphatic heterocycles. The SMILES string of the molecule is CCCc1noc(COc2ccc(CCC(C)O)cc2)n1. The average Bonchev–Trinajstić information content (AvgIpc) is 2.92. The van der Waals surface area contributed by atoms with Crippen LogP contribution in [-0.2, 0) is 19.4 Å². The zero-order chi connectivity index (χ0) is 15.1. The number of hydrogen-bond acceptors (Lipinski definition) is 5. The van der Waals surface area contributed by atoms with E-state index in [-0.39, 0.29) is 12.7 Å². The van der Waals surface area contributed by atoms with E-state index in [4.69, 9.17) is 9.26 Å². The minimum absolute atomic E-state index is 0.268. The second kappa shape index (κ2) is 7.78. The molecule has 0 aliphatic carbocycles. The van der Waals surface area contributed by atoms with Gasteiger partial charge in [0.15, 0.2) is 12.4 Å². The molecule has 0 aliphatic rings. The van der Waals surface area contributed by atoms with Crippen LogP contribution in [0.1, 0.15) is 44.0 Å². The molecular formula is C16H22N2O3. The van der Waals surface area contributed by atoms with Crippen LogP contribution >= 0.6 is 0 Å². The standard InChI is InChI=1S/C16H22N2O3/c1-3-4-15-17-16(21-18-15)11-20-14-9-7-13(8-10-14)6-5-12(2)19/h7-10,12,19H,3-6,11H2,1-2H3. The van der Waals surface area contributed by atoms with Gasteiger partial charge in [0.25, 0.3) is 5.89 Å². The van der Waals surface area contributed by atoms with Crippen molar-refractivity contribution in [3.63, 3.8) is 0 Å². The smallest absolute Gasteiger partial charge is 0.264 e. The first-order chi connectivity index (χ1) is 10.2. The molecule has 1 aromatic carbocycles. The van der Waals surface area contributed by atoms with Gasteiger partial charge in [-0.1, -0.05) is 24.2 Å². The molecule has 0 radical (unpaired) electrons. The minimum Gasteiger partial charge on any atom is -0.484 e. The Morgan fingerprint density at radius 3 is 2.67 bits per heavy atom. The third kappa shape index (κ3) is 5.19. The maximum absolute atomic E-state index is 9.27. The van der Waals surface area contributed by atoms with E-state index in [1.54, 1.807) is 6.92 Å². The van der Waals surface area contributed by atoms with Crippen LogP contribution in [-0.4, -0.2) is 21.4 Å². The van der Waals surface area contributed by atoms with E-state index in [1.165, 1.54) is 5.56 Å². The second-order valence-corrected chi connectivity index (χ2v) is 5.17. The molecule has 1 atom stereocenters. The number of aliphatic hydroxyl groups excluding tert-OH is 1. The molecule has 0 saturated heterocycles. The molecule has 1 unspecified atom stereocenters. The van der Waals surface area contributed by atoms with Crippen molar-refractivity contribution in [2.24, 2.45) is 0 Å². The topological polar surface area (TPSA) is 68.4 Å². The average molecular weight is 290 g/mol. The Morgan fingerprint density at radius 1 is 1.24 bits per heavy atom. The van der Waals surface area contributed by atoms with E-state index in [2.05, 4.69) is 17.1 Å². The second-order valence-electron chi connectivity index (χ2n) is 5.17. The van der Waals surface area contributed by atoms with Gasteiger partial charge in [0, 0.05) is 6.42 Å². The highest BCUT2D eigenvalue weighted by atomic mass is 16.5. The molecule has 1 heterocycles. The van der Waals surface area contributed by atoms with Gasteiger partial charge in [-0.15, -0.1) is 0 Å². The number of aromatic nitrogens is 2. The highest BCUT2D eigenvalue weighted by molar-refractivity contribution is 5.27. The Bertz CT molecular complexity index is 535. The van der Waals surface area contributed by atoms with Gasteiger partial charge in [-0.05, 0) is 43.9 Å². The lowest BCUT2D eigenvalue weighted by Gasteiger charge is -2.06. The molecule has 1 aromatic heterocycles. The highest BCUT2D eigenvalue weighted by Gasteiger charge is 2.06. The van der Waals surface area contributed by atoms with E-state index in [9.17, 15) is 5.11 Å². The Morgan fingerprint density at radius 2 is 2.00 bits per heavy atom. The largest absolute Gasteiger partial charge is 0.484 e. The summed E-state index contributed by atoms with van der Waals surface area (Å²) in [4.78, 5) is 4.25. The van der Waals surface area contributed by atoms with Crippen LogP contribution in [0.25, 0.3) is 0 Å². The summed E-state index contributed by atoms with van der Waals surface area (Å²) >= 11 is 0. The third-order valence-electron chi connectivity index (χ3n) is 3.12. The summed E-state index contributed by atoms with van der Waals surface area (Å²) in [6.45, 7) is 4.16.